The van der Waals surface area contributed by atoms with Crippen LogP contribution in [0.3, 0.4) is 0 Å². The molecule has 1 unspecified atom stereocenters. The van der Waals surface area contributed by atoms with Crippen molar-refractivity contribution in [1.29, 1.82) is 0 Å². The summed E-state index contributed by atoms with van der Waals surface area (Å²) in [5.74, 6) is -1.44. The summed E-state index contributed by atoms with van der Waals surface area (Å²) in [4.78, 5) is 0. The van der Waals surface area contributed by atoms with Gasteiger partial charge in [-0.1, -0.05) is 29.3 Å². The van der Waals surface area contributed by atoms with Gasteiger partial charge in [0.1, 0.15) is 18.3 Å². The van der Waals surface area contributed by atoms with E-state index in [-0.39, 0.29) is 24.4 Å². The molecular formula is C19H24Cl2N2O5S. The lowest BCUT2D eigenvalue weighted by atomic mass is 10.0. The number of anilines is 1. The minimum absolute atomic E-state index is 0.296. The third kappa shape index (κ3) is 4.50. The SMILES string of the molecule is CC1(C)OCC([C@H]2O[C@@H]3OC(C)(C)O[C@@H]3[C@@H]2NC(=S)Nc2c(Cl)cccc2Cl)O1. The Hall–Kier alpha value is -0.710. The summed E-state index contributed by atoms with van der Waals surface area (Å²) in [6.07, 6.45) is -1.59. The number of fused-ring (bicyclic) bond motifs is 1. The van der Waals surface area contributed by atoms with Crippen molar-refractivity contribution < 1.29 is 23.7 Å². The largest absolute Gasteiger partial charge is 0.354 e. The van der Waals surface area contributed by atoms with Gasteiger partial charge < -0.3 is 34.3 Å². The van der Waals surface area contributed by atoms with E-state index >= 15 is 0 Å². The molecule has 5 atom stereocenters. The standard InChI is InChI=1S/C19H24Cl2N2O5S/c1-18(2)24-8-11(26-18)14-13(15-16(25-14)28-19(3,4)27-15)23-17(29)22-12-9(20)6-5-7-10(12)21/h5-7,11,13-16H,8H2,1-4H3,(H2,22,23,29)/t11?,13-,14-,15-,16-/m1/s1. The van der Waals surface area contributed by atoms with E-state index in [2.05, 4.69) is 10.6 Å². The number of para-hydroxylation sites is 1. The van der Waals surface area contributed by atoms with Gasteiger partial charge in [0.25, 0.3) is 0 Å². The van der Waals surface area contributed by atoms with Crippen molar-refractivity contribution >= 4 is 46.2 Å². The van der Waals surface area contributed by atoms with Gasteiger partial charge in [-0.3, -0.25) is 0 Å². The molecule has 0 bridgehead atoms. The molecular weight excluding hydrogens is 439 g/mol. The smallest absolute Gasteiger partial charge is 0.189 e. The number of rotatable bonds is 3. The highest BCUT2D eigenvalue weighted by molar-refractivity contribution is 7.80. The second-order valence-corrected chi connectivity index (χ2v) is 9.38. The predicted molar refractivity (Wildman–Crippen MR) is 113 cm³/mol. The van der Waals surface area contributed by atoms with Gasteiger partial charge in [0, 0.05) is 0 Å². The third-order valence-corrected chi connectivity index (χ3v) is 5.83. The van der Waals surface area contributed by atoms with Gasteiger partial charge >= 0.3 is 0 Å². The number of halogens is 2. The summed E-state index contributed by atoms with van der Waals surface area (Å²) in [5, 5.41) is 7.62. The van der Waals surface area contributed by atoms with E-state index in [1.165, 1.54) is 0 Å². The van der Waals surface area contributed by atoms with E-state index in [9.17, 15) is 0 Å². The average molecular weight is 463 g/mol. The zero-order chi connectivity index (χ0) is 21.0. The quantitative estimate of drug-likeness (QED) is 0.659. The van der Waals surface area contributed by atoms with Gasteiger partial charge in [0.15, 0.2) is 23.0 Å². The van der Waals surface area contributed by atoms with E-state index in [1.807, 2.05) is 27.7 Å². The van der Waals surface area contributed by atoms with Crippen molar-refractivity contribution in [3.63, 3.8) is 0 Å². The zero-order valence-corrected chi connectivity index (χ0v) is 18.9. The Bertz CT molecular complexity index is 789. The lowest BCUT2D eigenvalue weighted by molar-refractivity contribution is -0.223. The van der Waals surface area contributed by atoms with Crippen molar-refractivity contribution in [3.8, 4) is 0 Å². The molecule has 1 aromatic rings. The van der Waals surface area contributed by atoms with Gasteiger partial charge in [-0.15, -0.1) is 0 Å². The number of ether oxygens (including phenoxy) is 5. The minimum atomic E-state index is -0.756. The summed E-state index contributed by atoms with van der Waals surface area (Å²) in [7, 11) is 0. The lowest BCUT2D eigenvalue weighted by Gasteiger charge is -2.30. The normalized spacial score (nSPS) is 34.8. The Morgan fingerprint density at radius 3 is 2.34 bits per heavy atom. The van der Waals surface area contributed by atoms with Crippen molar-refractivity contribution in [2.24, 2.45) is 0 Å². The topological polar surface area (TPSA) is 70.2 Å². The molecule has 1 aromatic carbocycles. The molecule has 0 saturated carbocycles. The Morgan fingerprint density at radius 1 is 1.03 bits per heavy atom. The number of thiocarbonyl (C=S) groups is 1. The first-order valence-corrected chi connectivity index (χ1v) is 10.6. The Balaban J connectivity index is 1.52. The molecule has 0 spiro atoms. The van der Waals surface area contributed by atoms with E-state index in [0.29, 0.717) is 27.5 Å². The summed E-state index contributed by atoms with van der Waals surface area (Å²) < 4.78 is 29.9. The fourth-order valence-corrected chi connectivity index (χ4v) is 4.54. The van der Waals surface area contributed by atoms with Crippen LogP contribution in [0.5, 0.6) is 0 Å². The van der Waals surface area contributed by atoms with Crippen LogP contribution in [0.15, 0.2) is 18.2 Å². The van der Waals surface area contributed by atoms with Crippen molar-refractivity contribution in [2.45, 2.75) is 69.9 Å². The Kier molecular flexibility index (Phi) is 5.76. The molecule has 3 heterocycles. The second-order valence-electron chi connectivity index (χ2n) is 8.16. The highest BCUT2D eigenvalue weighted by atomic mass is 35.5. The maximum Gasteiger partial charge on any atom is 0.189 e. The molecule has 0 amide bonds. The molecule has 29 heavy (non-hydrogen) atoms. The molecule has 0 radical (unpaired) electrons. The van der Waals surface area contributed by atoms with Crippen LogP contribution >= 0.6 is 35.4 Å². The fraction of sp³-hybridized carbons (Fsp3) is 0.632. The van der Waals surface area contributed by atoms with E-state index in [0.717, 1.165) is 0 Å². The zero-order valence-electron chi connectivity index (χ0n) is 16.5. The molecule has 3 aliphatic heterocycles. The van der Waals surface area contributed by atoms with Crippen LogP contribution in [0.1, 0.15) is 27.7 Å². The molecule has 0 aliphatic carbocycles. The monoisotopic (exact) mass is 462 g/mol. The molecule has 7 nitrogen and oxygen atoms in total. The van der Waals surface area contributed by atoms with Gasteiger partial charge in [-0.2, -0.15) is 0 Å². The maximum atomic E-state index is 6.24. The van der Waals surface area contributed by atoms with Gasteiger partial charge in [-0.25, -0.2) is 0 Å². The van der Waals surface area contributed by atoms with E-state index in [1.54, 1.807) is 18.2 Å². The molecule has 2 N–H and O–H groups in total. The molecule has 4 rings (SSSR count). The van der Waals surface area contributed by atoms with Crippen LogP contribution < -0.4 is 10.6 Å². The second kappa shape index (κ2) is 7.76. The van der Waals surface area contributed by atoms with Crippen molar-refractivity contribution in [1.82, 2.24) is 5.32 Å². The van der Waals surface area contributed by atoms with Crippen LogP contribution in [0, 0.1) is 0 Å². The number of hydrogen-bond acceptors (Lipinski definition) is 6. The molecule has 160 valence electrons. The molecule has 10 heteroatoms. The minimum Gasteiger partial charge on any atom is -0.354 e. The molecule has 3 aliphatic rings. The number of benzene rings is 1. The summed E-state index contributed by atoms with van der Waals surface area (Å²) >= 11 is 18.0. The van der Waals surface area contributed by atoms with Gasteiger partial charge in [0.2, 0.25) is 0 Å². The van der Waals surface area contributed by atoms with Crippen molar-refractivity contribution in [3.05, 3.63) is 28.2 Å². The average Bonchev–Trinajstić information content (AvgIpc) is 3.21. The maximum absolute atomic E-state index is 6.24. The van der Waals surface area contributed by atoms with Crippen LogP contribution in [0.25, 0.3) is 0 Å². The Morgan fingerprint density at radius 2 is 1.72 bits per heavy atom. The van der Waals surface area contributed by atoms with Crippen LogP contribution in [0.2, 0.25) is 10.0 Å². The Labute approximate surface area is 185 Å². The highest BCUT2D eigenvalue weighted by Crippen LogP contribution is 2.41. The van der Waals surface area contributed by atoms with Gasteiger partial charge in [-0.05, 0) is 52.0 Å². The molecule has 3 fully saturated rings. The number of nitrogens with one attached hydrogen (secondary N) is 2. The lowest BCUT2D eigenvalue weighted by Crippen LogP contribution is -2.53. The van der Waals surface area contributed by atoms with Crippen LogP contribution in [-0.2, 0) is 23.7 Å². The fourth-order valence-electron chi connectivity index (χ4n) is 3.81. The van der Waals surface area contributed by atoms with E-state index in [4.69, 9.17) is 59.1 Å². The summed E-state index contributed by atoms with van der Waals surface area (Å²) in [5.41, 5.74) is 0.533. The third-order valence-electron chi connectivity index (χ3n) is 4.98. The summed E-state index contributed by atoms with van der Waals surface area (Å²) in [6, 6.07) is 4.91. The van der Waals surface area contributed by atoms with Crippen LogP contribution in [-0.4, -0.2) is 53.9 Å². The van der Waals surface area contributed by atoms with Gasteiger partial charge in [0.05, 0.1) is 28.4 Å². The number of hydrogen-bond donors (Lipinski definition) is 2. The predicted octanol–water partition coefficient (Wildman–Crippen LogP) is 3.68. The van der Waals surface area contributed by atoms with Crippen LogP contribution in [0.4, 0.5) is 5.69 Å². The molecule has 0 aromatic heterocycles. The summed E-state index contributed by atoms with van der Waals surface area (Å²) in [6.45, 7) is 7.83. The molecule has 3 saturated heterocycles. The van der Waals surface area contributed by atoms with E-state index < -0.39 is 17.9 Å². The first kappa shape index (κ1) is 21.5. The first-order valence-electron chi connectivity index (χ1n) is 9.39. The highest BCUT2D eigenvalue weighted by Gasteiger charge is 2.58. The van der Waals surface area contributed by atoms with Crippen molar-refractivity contribution in [2.75, 3.05) is 11.9 Å². The first-order chi connectivity index (χ1) is 13.5.